The summed E-state index contributed by atoms with van der Waals surface area (Å²) in [6.07, 6.45) is -3.25. The molecule has 2 aromatic carbocycles. The third-order valence-corrected chi connectivity index (χ3v) is 3.15. The van der Waals surface area contributed by atoms with Crippen molar-refractivity contribution in [2.45, 2.75) is 6.18 Å². The van der Waals surface area contributed by atoms with Crippen LogP contribution in [0.3, 0.4) is 0 Å². The van der Waals surface area contributed by atoms with Crippen LogP contribution in [-0.4, -0.2) is 25.1 Å². The minimum atomic E-state index is -4.55. The van der Waals surface area contributed by atoms with Crippen LogP contribution in [0.25, 0.3) is 0 Å². The first kappa shape index (κ1) is 19.0. The average Bonchev–Trinajstić information content (AvgIpc) is 2.61. The zero-order valence-electron chi connectivity index (χ0n) is 13.5. The van der Waals surface area contributed by atoms with Crippen LogP contribution in [0.2, 0.25) is 0 Å². The lowest BCUT2D eigenvalue weighted by Crippen LogP contribution is -2.32. The van der Waals surface area contributed by atoms with Crippen molar-refractivity contribution in [3.8, 4) is 5.75 Å². The van der Waals surface area contributed by atoms with E-state index in [0.717, 1.165) is 18.2 Å². The number of amides is 2. The molecule has 2 N–H and O–H groups in total. The number of carbonyl (C=O) groups excluding carboxylic acids is 2. The summed E-state index contributed by atoms with van der Waals surface area (Å²) in [5.41, 5.74) is 1.54. The monoisotopic (exact) mass is 365 g/mol. The van der Waals surface area contributed by atoms with Gasteiger partial charge in [-0.25, -0.2) is 5.43 Å². The maximum absolute atomic E-state index is 12.6. The molecule has 0 aliphatic heterocycles. The van der Waals surface area contributed by atoms with Gasteiger partial charge in [0.2, 0.25) is 0 Å². The predicted octanol–water partition coefficient (Wildman–Crippen LogP) is 2.80. The van der Waals surface area contributed by atoms with E-state index in [1.807, 2.05) is 5.43 Å². The number of ether oxygens (including phenoxy) is 1. The molecule has 0 radical (unpaired) electrons. The molecular weight excluding hydrogens is 351 g/mol. The third kappa shape index (κ3) is 5.33. The van der Waals surface area contributed by atoms with Gasteiger partial charge in [0.25, 0.3) is 0 Å². The van der Waals surface area contributed by atoms with E-state index in [9.17, 15) is 22.8 Å². The number of halogens is 3. The maximum atomic E-state index is 12.6. The van der Waals surface area contributed by atoms with Gasteiger partial charge in [-0.2, -0.15) is 18.3 Å². The zero-order valence-corrected chi connectivity index (χ0v) is 13.5. The smallest absolute Gasteiger partial charge is 0.416 e. The lowest BCUT2D eigenvalue weighted by molar-refractivity contribution is -0.137. The molecular formula is C17H14F3N3O3. The molecule has 0 fully saturated rings. The second-order valence-electron chi connectivity index (χ2n) is 5.00. The minimum absolute atomic E-state index is 0.154. The Kier molecular flexibility index (Phi) is 5.94. The van der Waals surface area contributed by atoms with Crippen LogP contribution < -0.4 is 15.5 Å². The molecule has 0 aromatic heterocycles. The quantitative estimate of drug-likeness (QED) is 0.497. The van der Waals surface area contributed by atoms with E-state index in [1.165, 1.54) is 19.4 Å². The summed E-state index contributed by atoms with van der Waals surface area (Å²) in [5, 5.41) is 5.69. The van der Waals surface area contributed by atoms with Gasteiger partial charge < -0.3 is 10.1 Å². The number of hydrazone groups is 1. The average molecular weight is 365 g/mol. The van der Waals surface area contributed by atoms with Gasteiger partial charge in [0.1, 0.15) is 5.75 Å². The number of carbonyl (C=O) groups is 2. The van der Waals surface area contributed by atoms with E-state index in [2.05, 4.69) is 10.4 Å². The first-order valence-electron chi connectivity index (χ1n) is 7.25. The number of nitrogens with zero attached hydrogens (tertiary/aromatic N) is 1. The summed E-state index contributed by atoms with van der Waals surface area (Å²) in [5.74, 6) is -1.62. The first-order chi connectivity index (χ1) is 12.3. The van der Waals surface area contributed by atoms with Crippen LogP contribution in [0.4, 0.5) is 18.9 Å². The molecule has 2 aromatic rings. The molecule has 136 valence electrons. The SMILES string of the molecule is COc1ccc(C=NNC(=O)C(=O)Nc2cccc(C(F)(F)F)c2)cc1. The zero-order chi connectivity index (χ0) is 19.2. The fourth-order valence-electron chi connectivity index (χ4n) is 1.87. The summed E-state index contributed by atoms with van der Waals surface area (Å²) in [4.78, 5) is 23.3. The van der Waals surface area contributed by atoms with Crippen LogP contribution in [-0.2, 0) is 15.8 Å². The van der Waals surface area contributed by atoms with Crippen molar-refractivity contribution in [3.63, 3.8) is 0 Å². The Morgan fingerprint density at radius 2 is 1.77 bits per heavy atom. The number of rotatable bonds is 4. The van der Waals surface area contributed by atoms with E-state index in [0.29, 0.717) is 11.3 Å². The Labute approximate surface area is 146 Å². The predicted molar refractivity (Wildman–Crippen MR) is 88.8 cm³/mol. The Bertz CT molecular complexity index is 818. The number of nitrogens with one attached hydrogen (secondary N) is 2. The molecule has 2 amide bonds. The Morgan fingerprint density at radius 3 is 2.38 bits per heavy atom. The molecule has 9 heteroatoms. The first-order valence-corrected chi connectivity index (χ1v) is 7.25. The Balaban J connectivity index is 1.93. The van der Waals surface area contributed by atoms with Gasteiger partial charge in [0.05, 0.1) is 18.9 Å². The van der Waals surface area contributed by atoms with Crippen LogP contribution in [0.15, 0.2) is 53.6 Å². The van der Waals surface area contributed by atoms with Gasteiger partial charge in [-0.1, -0.05) is 6.07 Å². The fraction of sp³-hybridized carbons (Fsp3) is 0.118. The largest absolute Gasteiger partial charge is 0.497 e. The highest BCUT2D eigenvalue weighted by Gasteiger charge is 2.30. The Hall–Kier alpha value is -3.36. The van der Waals surface area contributed by atoms with Crippen molar-refractivity contribution in [2.24, 2.45) is 5.10 Å². The number of methoxy groups -OCH3 is 1. The highest BCUT2D eigenvalue weighted by molar-refractivity contribution is 6.39. The molecule has 0 heterocycles. The van der Waals surface area contributed by atoms with E-state index >= 15 is 0 Å². The van der Waals surface area contributed by atoms with Gasteiger partial charge in [0, 0.05) is 5.69 Å². The molecule has 2 rings (SSSR count). The highest BCUT2D eigenvalue weighted by Crippen LogP contribution is 2.30. The summed E-state index contributed by atoms with van der Waals surface area (Å²) in [6, 6.07) is 10.7. The third-order valence-electron chi connectivity index (χ3n) is 3.15. The summed E-state index contributed by atoms with van der Waals surface area (Å²) in [6.45, 7) is 0. The number of hydrogen-bond acceptors (Lipinski definition) is 4. The van der Waals surface area contributed by atoms with Gasteiger partial charge in [-0.05, 0) is 48.0 Å². The molecule has 0 aliphatic rings. The van der Waals surface area contributed by atoms with Crippen molar-refractivity contribution >= 4 is 23.7 Å². The van der Waals surface area contributed by atoms with Crippen molar-refractivity contribution in [3.05, 3.63) is 59.7 Å². The number of anilines is 1. The summed E-state index contributed by atoms with van der Waals surface area (Å²) < 4.78 is 42.9. The normalized spacial score (nSPS) is 11.2. The highest BCUT2D eigenvalue weighted by atomic mass is 19.4. The van der Waals surface area contributed by atoms with E-state index in [4.69, 9.17) is 4.74 Å². The van der Waals surface area contributed by atoms with Crippen molar-refractivity contribution in [1.29, 1.82) is 0 Å². The molecule has 26 heavy (non-hydrogen) atoms. The van der Waals surface area contributed by atoms with Gasteiger partial charge in [0.15, 0.2) is 0 Å². The second kappa shape index (κ2) is 8.15. The van der Waals surface area contributed by atoms with Gasteiger partial charge in [-0.3, -0.25) is 9.59 Å². The number of benzene rings is 2. The van der Waals surface area contributed by atoms with Crippen molar-refractivity contribution < 1.29 is 27.5 Å². The van der Waals surface area contributed by atoms with E-state index in [-0.39, 0.29) is 5.69 Å². The Morgan fingerprint density at radius 1 is 1.08 bits per heavy atom. The molecule has 0 saturated heterocycles. The van der Waals surface area contributed by atoms with Crippen LogP contribution in [0, 0.1) is 0 Å². The lowest BCUT2D eigenvalue weighted by Gasteiger charge is -2.09. The van der Waals surface area contributed by atoms with Crippen molar-refractivity contribution in [1.82, 2.24) is 5.43 Å². The van der Waals surface area contributed by atoms with Crippen LogP contribution in [0.1, 0.15) is 11.1 Å². The molecule has 0 bridgehead atoms. The number of alkyl halides is 3. The van der Waals surface area contributed by atoms with E-state index in [1.54, 1.807) is 24.3 Å². The minimum Gasteiger partial charge on any atom is -0.497 e. The second-order valence-corrected chi connectivity index (χ2v) is 5.00. The molecule has 0 aliphatic carbocycles. The summed E-state index contributed by atoms with van der Waals surface area (Å²) >= 11 is 0. The molecule has 0 atom stereocenters. The maximum Gasteiger partial charge on any atom is 0.416 e. The van der Waals surface area contributed by atoms with E-state index < -0.39 is 23.6 Å². The van der Waals surface area contributed by atoms with Crippen molar-refractivity contribution in [2.75, 3.05) is 12.4 Å². The topological polar surface area (TPSA) is 79.8 Å². The van der Waals surface area contributed by atoms with Crippen LogP contribution in [0.5, 0.6) is 5.75 Å². The molecule has 0 spiro atoms. The fourth-order valence-corrected chi connectivity index (χ4v) is 1.87. The standard InChI is InChI=1S/C17H14F3N3O3/c1-26-14-7-5-11(6-8-14)10-21-23-16(25)15(24)22-13-4-2-3-12(9-13)17(18,19)20/h2-10H,1H3,(H,22,24)(H,23,25). The lowest BCUT2D eigenvalue weighted by atomic mass is 10.2. The molecule has 0 unspecified atom stereocenters. The van der Waals surface area contributed by atoms with Gasteiger partial charge >= 0.3 is 18.0 Å². The number of hydrogen-bond donors (Lipinski definition) is 2. The molecule has 0 saturated carbocycles. The molecule has 6 nitrogen and oxygen atoms in total. The van der Waals surface area contributed by atoms with Gasteiger partial charge in [-0.15, -0.1) is 0 Å². The summed E-state index contributed by atoms with van der Waals surface area (Å²) in [7, 11) is 1.52. The van der Waals surface area contributed by atoms with Crippen LogP contribution >= 0.6 is 0 Å².